The van der Waals surface area contributed by atoms with Crippen LogP contribution < -0.4 is 0 Å². The van der Waals surface area contributed by atoms with Crippen LogP contribution in [-0.4, -0.2) is 32.7 Å². The highest BCUT2D eigenvalue weighted by atomic mass is 31.2. The second kappa shape index (κ2) is 3.39. The molecule has 0 aliphatic rings. The van der Waals surface area contributed by atoms with E-state index in [0.717, 1.165) is 0 Å². The minimum absolute atomic E-state index is 0.444. The molecule has 0 radical (unpaired) electrons. The van der Waals surface area contributed by atoms with Gasteiger partial charge in [-0.15, -0.1) is 0 Å². The van der Waals surface area contributed by atoms with Crippen LogP contribution in [-0.2, 0) is 9.36 Å². The summed E-state index contributed by atoms with van der Waals surface area (Å²) in [5, 5.41) is 0. The molecule has 0 heterocycles. The fourth-order valence-corrected chi connectivity index (χ4v) is 0.796. The lowest BCUT2D eigenvalue weighted by Crippen LogP contribution is -2.06. The van der Waals surface area contributed by atoms with Gasteiger partial charge in [0.15, 0.2) is 0 Å². The van der Waals surface area contributed by atoms with Crippen molar-refractivity contribution in [2.75, 3.05) is 6.16 Å². The van der Waals surface area contributed by atoms with Gasteiger partial charge in [0.1, 0.15) is 6.16 Å². The third-order valence-electron chi connectivity index (χ3n) is 0.564. The van der Waals surface area contributed by atoms with Crippen LogP contribution in [0, 0.1) is 0 Å². The Kier molecular flexibility index (Phi) is 3.12. The highest BCUT2D eigenvalue weighted by Crippen LogP contribution is 2.33. The van der Waals surface area contributed by atoms with Gasteiger partial charge >= 0.3 is 13.8 Å². The molecule has 10 heavy (non-hydrogen) atoms. The van der Waals surface area contributed by atoms with Crippen molar-refractivity contribution >= 4 is 19.6 Å². The number of nitrogens with zero attached hydrogens (tertiary/aromatic N) is 2. The summed E-state index contributed by atoms with van der Waals surface area (Å²) in [6.45, 7) is 0. The Morgan fingerprint density at radius 2 is 2.20 bits per heavy atom. The molecule has 56 valence electrons. The van der Waals surface area contributed by atoms with Crippen molar-refractivity contribution in [3.05, 3.63) is 5.53 Å². The predicted octanol–water partition coefficient (Wildman–Crippen LogP) is -0.966. The molecule has 0 bridgehead atoms. The zero-order valence-electron chi connectivity index (χ0n) is 4.84. The molecule has 0 aliphatic carbocycles. The number of ketones is 1. The minimum atomic E-state index is -4.30. The molecular weight excluding hydrogens is 159 g/mol. The molecule has 2 N–H and O–H groups in total. The third kappa shape index (κ3) is 5.34. The smallest absolute Gasteiger partial charge is 0.333 e. The molecule has 0 aromatic rings. The van der Waals surface area contributed by atoms with Gasteiger partial charge in [-0.1, -0.05) is 0 Å². The Bertz CT molecular complexity index is 225. The monoisotopic (exact) mass is 164 g/mol. The Balaban J connectivity index is 4.06. The van der Waals surface area contributed by atoms with Crippen molar-refractivity contribution < 1.29 is 23.9 Å². The molecule has 6 nitrogen and oxygen atoms in total. The van der Waals surface area contributed by atoms with Gasteiger partial charge in [0.05, 0.1) is 0 Å². The fraction of sp³-hybridized carbons (Fsp3) is 0.333. The Hall–Kier alpha value is -0.800. The molecule has 0 saturated heterocycles. The van der Waals surface area contributed by atoms with Crippen molar-refractivity contribution in [1.29, 1.82) is 0 Å². The van der Waals surface area contributed by atoms with Crippen LogP contribution >= 0.6 is 7.60 Å². The Morgan fingerprint density at radius 3 is 2.50 bits per heavy atom. The second-order valence-electron chi connectivity index (χ2n) is 1.53. The van der Waals surface area contributed by atoms with Crippen LogP contribution in [0.15, 0.2) is 0 Å². The normalized spacial score (nSPS) is 10.2. The summed E-state index contributed by atoms with van der Waals surface area (Å²) in [6, 6.07) is 0. The molecule has 7 heteroatoms. The Labute approximate surface area is 56.3 Å². The van der Waals surface area contributed by atoms with Crippen LogP contribution in [0.3, 0.4) is 0 Å². The minimum Gasteiger partial charge on any atom is -0.361 e. The molecule has 0 atom stereocenters. The summed E-state index contributed by atoms with van der Waals surface area (Å²) in [7, 11) is -4.30. The SMILES string of the molecule is [N-]=[N+]=CC(=O)CP(=O)(O)O. The predicted molar refractivity (Wildman–Crippen MR) is 31.6 cm³/mol. The molecule has 0 aromatic heterocycles. The van der Waals surface area contributed by atoms with E-state index in [1.165, 1.54) is 0 Å². The second-order valence-corrected chi connectivity index (χ2v) is 3.18. The first-order chi connectivity index (χ1) is 4.45. The first kappa shape index (κ1) is 9.20. The van der Waals surface area contributed by atoms with Gasteiger partial charge in [0, 0.05) is 0 Å². The van der Waals surface area contributed by atoms with Crippen molar-refractivity contribution in [3.8, 4) is 0 Å². The summed E-state index contributed by atoms with van der Waals surface area (Å²) in [4.78, 5) is 28.9. The summed E-state index contributed by atoms with van der Waals surface area (Å²) in [5.41, 5.74) is 7.73. The lowest BCUT2D eigenvalue weighted by Gasteiger charge is -1.94. The topological polar surface area (TPSA) is 111 Å². The maximum Gasteiger partial charge on any atom is 0.333 e. The van der Waals surface area contributed by atoms with Gasteiger partial charge in [-0.2, -0.15) is 4.79 Å². The van der Waals surface area contributed by atoms with E-state index < -0.39 is 19.5 Å². The lowest BCUT2D eigenvalue weighted by atomic mass is 10.5. The molecule has 0 spiro atoms. The standard InChI is InChI=1S/C3H5N2O4P/c4-5-1-3(6)2-10(7,8)9/h1H,2H2,(H2,7,8,9). The molecule has 0 aromatic carbocycles. The highest BCUT2D eigenvalue weighted by molar-refractivity contribution is 7.53. The summed E-state index contributed by atoms with van der Waals surface area (Å²) < 4.78 is 10.0. The quantitative estimate of drug-likeness (QED) is 0.242. The third-order valence-corrected chi connectivity index (χ3v) is 1.29. The van der Waals surface area contributed by atoms with Crippen LogP contribution in [0.5, 0.6) is 0 Å². The number of hydrogen-bond donors (Lipinski definition) is 2. The van der Waals surface area contributed by atoms with Gasteiger partial charge in [-0.3, -0.25) is 9.36 Å². The largest absolute Gasteiger partial charge is 0.361 e. The molecule has 0 rings (SSSR count). The van der Waals surface area contributed by atoms with Crippen LogP contribution in [0.1, 0.15) is 0 Å². The van der Waals surface area contributed by atoms with E-state index in [1.807, 2.05) is 0 Å². The Morgan fingerprint density at radius 1 is 1.70 bits per heavy atom. The summed E-state index contributed by atoms with van der Waals surface area (Å²) in [5.74, 6) is -0.907. The van der Waals surface area contributed by atoms with Crippen molar-refractivity contribution in [2.24, 2.45) is 0 Å². The van der Waals surface area contributed by atoms with E-state index in [2.05, 4.69) is 4.79 Å². The summed E-state index contributed by atoms with van der Waals surface area (Å²) in [6.07, 6.45) is -0.476. The maximum atomic E-state index is 10.3. The van der Waals surface area contributed by atoms with Gasteiger partial charge in [0.2, 0.25) is 5.78 Å². The first-order valence-electron chi connectivity index (χ1n) is 2.20. The van der Waals surface area contributed by atoms with Gasteiger partial charge in [0.25, 0.3) is 0 Å². The first-order valence-corrected chi connectivity index (χ1v) is 4.00. The number of Topliss-reactive ketones (excluding diaryl/α,β-unsaturated/α-hetero) is 1. The van der Waals surface area contributed by atoms with E-state index in [1.54, 1.807) is 0 Å². The average Bonchev–Trinajstić information content (AvgIpc) is 1.59. The number of hydrogen-bond acceptors (Lipinski definition) is 2. The van der Waals surface area contributed by atoms with E-state index in [9.17, 15) is 9.36 Å². The molecule has 0 aliphatic heterocycles. The van der Waals surface area contributed by atoms with Gasteiger partial charge in [-0.25, -0.2) is 0 Å². The molecule has 0 fully saturated rings. The molecular formula is C3H5N2O4P. The zero-order valence-corrected chi connectivity index (χ0v) is 5.73. The highest BCUT2D eigenvalue weighted by Gasteiger charge is 2.19. The van der Waals surface area contributed by atoms with E-state index in [4.69, 9.17) is 15.3 Å². The van der Waals surface area contributed by atoms with Crippen molar-refractivity contribution in [3.63, 3.8) is 0 Å². The molecule has 0 saturated carbocycles. The van der Waals surface area contributed by atoms with E-state index in [-0.39, 0.29) is 0 Å². The van der Waals surface area contributed by atoms with Crippen molar-refractivity contribution in [1.82, 2.24) is 0 Å². The lowest BCUT2D eigenvalue weighted by molar-refractivity contribution is -0.114. The van der Waals surface area contributed by atoms with Gasteiger partial charge in [-0.05, 0) is 0 Å². The zero-order chi connectivity index (χ0) is 8.20. The van der Waals surface area contributed by atoms with Crippen LogP contribution in [0.25, 0.3) is 5.53 Å². The maximum absolute atomic E-state index is 10.3. The van der Waals surface area contributed by atoms with Crippen molar-refractivity contribution in [2.45, 2.75) is 0 Å². The molecule has 0 unspecified atom stereocenters. The molecule has 0 amide bonds. The average molecular weight is 164 g/mol. The number of carbonyl (C=O) groups is 1. The van der Waals surface area contributed by atoms with Crippen LogP contribution in [0.4, 0.5) is 0 Å². The number of rotatable bonds is 3. The van der Waals surface area contributed by atoms with Gasteiger partial charge < -0.3 is 15.3 Å². The van der Waals surface area contributed by atoms with Crippen LogP contribution in [0.2, 0.25) is 0 Å². The van der Waals surface area contributed by atoms with E-state index >= 15 is 0 Å². The fourth-order valence-electron chi connectivity index (χ4n) is 0.308. The summed E-state index contributed by atoms with van der Waals surface area (Å²) >= 11 is 0. The number of carbonyl (C=O) groups excluding carboxylic acids is 1. The van der Waals surface area contributed by atoms with E-state index in [0.29, 0.717) is 6.21 Å².